The van der Waals surface area contributed by atoms with E-state index >= 15 is 0 Å². The lowest BCUT2D eigenvalue weighted by molar-refractivity contribution is -0.137. The van der Waals surface area contributed by atoms with Gasteiger partial charge in [-0.25, -0.2) is 9.48 Å². The Morgan fingerprint density at radius 2 is 1.79 bits per heavy atom. The van der Waals surface area contributed by atoms with Gasteiger partial charge in [-0.2, -0.15) is 13.2 Å². The molecule has 0 fully saturated rings. The molecule has 0 spiro atoms. The molecular weight excluding hydrogens is 377 g/mol. The highest BCUT2D eigenvalue weighted by Gasteiger charge is 2.31. The van der Waals surface area contributed by atoms with Crippen molar-refractivity contribution in [3.05, 3.63) is 71.0 Å². The fourth-order valence-electron chi connectivity index (χ4n) is 2.48. The predicted octanol–water partition coefficient (Wildman–Crippen LogP) is 3.55. The van der Waals surface area contributed by atoms with E-state index in [0.717, 1.165) is 16.8 Å². The monoisotopic (exact) mass is 390 g/mol. The summed E-state index contributed by atoms with van der Waals surface area (Å²) < 4.78 is 39.8. The van der Waals surface area contributed by atoms with Crippen LogP contribution >= 0.6 is 0 Å². The van der Waals surface area contributed by atoms with E-state index in [-0.39, 0.29) is 22.6 Å². The molecule has 0 bridgehead atoms. The van der Waals surface area contributed by atoms with Gasteiger partial charge in [0.1, 0.15) is 0 Å². The number of aromatic nitrogens is 3. The summed E-state index contributed by atoms with van der Waals surface area (Å²) in [5, 5.41) is 18.9. The highest BCUT2D eigenvalue weighted by atomic mass is 19.4. The Morgan fingerprint density at radius 1 is 1.11 bits per heavy atom. The van der Waals surface area contributed by atoms with Crippen molar-refractivity contribution in [2.75, 3.05) is 5.32 Å². The summed E-state index contributed by atoms with van der Waals surface area (Å²) in [5.41, 5.74) is -0.152. The van der Waals surface area contributed by atoms with Gasteiger partial charge in [0.05, 0.1) is 22.5 Å². The van der Waals surface area contributed by atoms with E-state index in [1.807, 2.05) is 0 Å². The van der Waals surface area contributed by atoms with Crippen LogP contribution in [0.3, 0.4) is 0 Å². The summed E-state index contributed by atoms with van der Waals surface area (Å²) in [6.45, 7) is 1.50. The van der Waals surface area contributed by atoms with Gasteiger partial charge in [0.2, 0.25) is 0 Å². The zero-order chi connectivity index (χ0) is 20.5. The van der Waals surface area contributed by atoms with Crippen LogP contribution in [0.1, 0.15) is 32.1 Å². The number of aromatic carboxylic acids is 1. The van der Waals surface area contributed by atoms with E-state index in [4.69, 9.17) is 5.11 Å². The van der Waals surface area contributed by atoms with Gasteiger partial charge in [-0.05, 0) is 49.4 Å². The fourth-order valence-corrected chi connectivity index (χ4v) is 2.48. The number of nitrogens with zero attached hydrogens (tertiary/aromatic N) is 3. The molecule has 1 amide bonds. The highest BCUT2D eigenvalue weighted by Crippen LogP contribution is 2.30. The second kappa shape index (κ2) is 7.14. The second-order valence-electron chi connectivity index (χ2n) is 5.82. The standard InChI is InChI=1S/C18H13F3N4O3/c1-10-15(16(26)22-13-7-5-11(6-8-13)17(27)28)23-24-25(10)14-4-2-3-12(9-14)18(19,20)21/h2-9H,1H3,(H,22,26)(H,27,28). The number of alkyl halides is 3. The molecule has 0 saturated heterocycles. The largest absolute Gasteiger partial charge is 0.478 e. The number of benzene rings is 2. The number of hydrogen-bond donors (Lipinski definition) is 2. The average Bonchev–Trinajstić information content (AvgIpc) is 3.03. The van der Waals surface area contributed by atoms with Crippen LogP contribution in [0.25, 0.3) is 5.69 Å². The van der Waals surface area contributed by atoms with Crippen molar-refractivity contribution >= 4 is 17.6 Å². The average molecular weight is 390 g/mol. The van der Waals surface area contributed by atoms with Gasteiger partial charge in [-0.1, -0.05) is 11.3 Å². The van der Waals surface area contributed by atoms with E-state index in [1.165, 1.54) is 43.3 Å². The molecule has 2 N–H and O–H groups in total. The van der Waals surface area contributed by atoms with Crippen LogP contribution in [0.15, 0.2) is 48.5 Å². The van der Waals surface area contributed by atoms with Gasteiger partial charge in [0.25, 0.3) is 5.91 Å². The quantitative estimate of drug-likeness (QED) is 0.710. The maximum atomic E-state index is 12.9. The van der Waals surface area contributed by atoms with Crippen LogP contribution in [0.4, 0.5) is 18.9 Å². The summed E-state index contributed by atoms with van der Waals surface area (Å²) in [7, 11) is 0. The van der Waals surface area contributed by atoms with Crippen molar-refractivity contribution in [3.8, 4) is 5.69 Å². The third-order valence-electron chi connectivity index (χ3n) is 3.92. The first-order valence-corrected chi connectivity index (χ1v) is 7.91. The summed E-state index contributed by atoms with van der Waals surface area (Å²) >= 11 is 0. The third-order valence-corrected chi connectivity index (χ3v) is 3.92. The van der Waals surface area contributed by atoms with Gasteiger partial charge in [-0.3, -0.25) is 4.79 Å². The smallest absolute Gasteiger partial charge is 0.416 e. The number of carboxylic acids is 1. The van der Waals surface area contributed by atoms with Gasteiger partial charge >= 0.3 is 12.1 Å². The maximum absolute atomic E-state index is 12.9. The second-order valence-corrected chi connectivity index (χ2v) is 5.82. The van der Waals surface area contributed by atoms with Crippen molar-refractivity contribution < 1.29 is 27.9 Å². The normalized spacial score (nSPS) is 11.3. The lowest BCUT2D eigenvalue weighted by atomic mass is 10.2. The zero-order valence-electron chi connectivity index (χ0n) is 14.4. The number of anilines is 1. The fraction of sp³-hybridized carbons (Fsp3) is 0.111. The van der Waals surface area contributed by atoms with Crippen LogP contribution in [0, 0.1) is 6.92 Å². The zero-order valence-corrected chi connectivity index (χ0v) is 14.4. The molecule has 3 aromatic rings. The first-order valence-electron chi connectivity index (χ1n) is 7.91. The van der Waals surface area contributed by atoms with E-state index in [1.54, 1.807) is 0 Å². The summed E-state index contributed by atoms with van der Waals surface area (Å²) in [6.07, 6.45) is -4.51. The summed E-state index contributed by atoms with van der Waals surface area (Å²) in [5.74, 6) is -1.73. The molecule has 144 valence electrons. The summed E-state index contributed by atoms with van der Waals surface area (Å²) in [6, 6.07) is 9.97. The molecule has 0 aliphatic carbocycles. The number of carbonyl (C=O) groups is 2. The number of carboxylic acid groups (broad SMARTS) is 1. The molecule has 1 aromatic heterocycles. The van der Waals surface area contributed by atoms with Crippen molar-refractivity contribution in [1.82, 2.24) is 15.0 Å². The van der Waals surface area contributed by atoms with Gasteiger partial charge in [0, 0.05) is 5.69 Å². The van der Waals surface area contributed by atoms with Crippen LogP contribution in [-0.2, 0) is 6.18 Å². The molecule has 28 heavy (non-hydrogen) atoms. The van der Waals surface area contributed by atoms with E-state index < -0.39 is 23.6 Å². The van der Waals surface area contributed by atoms with Crippen molar-refractivity contribution in [2.24, 2.45) is 0 Å². The van der Waals surface area contributed by atoms with Crippen molar-refractivity contribution in [2.45, 2.75) is 13.1 Å². The lowest BCUT2D eigenvalue weighted by Crippen LogP contribution is -2.14. The van der Waals surface area contributed by atoms with E-state index in [2.05, 4.69) is 15.6 Å². The Labute approximate surface area is 156 Å². The molecule has 0 aliphatic rings. The molecule has 1 heterocycles. The van der Waals surface area contributed by atoms with E-state index in [9.17, 15) is 22.8 Å². The maximum Gasteiger partial charge on any atom is 0.416 e. The SMILES string of the molecule is Cc1c(C(=O)Nc2ccc(C(=O)O)cc2)nnn1-c1cccc(C(F)(F)F)c1. The molecule has 7 nitrogen and oxygen atoms in total. The van der Waals surface area contributed by atoms with Crippen molar-refractivity contribution in [3.63, 3.8) is 0 Å². The number of rotatable bonds is 4. The number of nitrogens with one attached hydrogen (secondary N) is 1. The molecule has 3 rings (SSSR count). The van der Waals surface area contributed by atoms with Gasteiger partial charge < -0.3 is 10.4 Å². The Bertz CT molecular complexity index is 1040. The summed E-state index contributed by atoms with van der Waals surface area (Å²) in [4.78, 5) is 23.2. The predicted molar refractivity (Wildman–Crippen MR) is 92.5 cm³/mol. The van der Waals surface area contributed by atoms with E-state index in [0.29, 0.717) is 5.69 Å². The third kappa shape index (κ3) is 3.85. The van der Waals surface area contributed by atoms with Gasteiger partial charge in [-0.15, -0.1) is 5.10 Å². The van der Waals surface area contributed by atoms with Crippen molar-refractivity contribution in [1.29, 1.82) is 0 Å². The number of amides is 1. The topological polar surface area (TPSA) is 97.1 Å². The first kappa shape index (κ1) is 19.1. The number of carbonyl (C=O) groups excluding carboxylic acids is 1. The minimum atomic E-state index is -4.51. The Balaban J connectivity index is 1.84. The minimum Gasteiger partial charge on any atom is -0.478 e. The van der Waals surface area contributed by atoms with Crippen LogP contribution in [0.2, 0.25) is 0 Å². The van der Waals surface area contributed by atoms with Gasteiger partial charge in [0.15, 0.2) is 5.69 Å². The molecule has 0 unspecified atom stereocenters. The Hall–Kier alpha value is -3.69. The lowest BCUT2D eigenvalue weighted by Gasteiger charge is -2.09. The minimum absolute atomic E-state index is 0.0599. The Kier molecular flexibility index (Phi) is 4.87. The molecule has 0 saturated carbocycles. The molecule has 10 heteroatoms. The van der Waals surface area contributed by atoms with Crippen LogP contribution < -0.4 is 5.32 Å². The highest BCUT2D eigenvalue weighted by molar-refractivity contribution is 6.03. The van der Waals surface area contributed by atoms with Crippen LogP contribution in [0.5, 0.6) is 0 Å². The molecule has 0 radical (unpaired) electrons. The number of hydrogen-bond acceptors (Lipinski definition) is 4. The first-order chi connectivity index (χ1) is 13.2. The Morgan fingerprint density at radius 3 is 2.39 bits per heavy atom. The molecule has 0 atom stereocenters. The molecular formula is C18H13F3N4O3. The molecule has 2 aromatic carbocycles. The molecule has 0 aliphatic heterocycles. The van der Waals surface area contributed by atoms with Crippen LogP contribution in [-0.4, -0.2) is 32.0 Å². The number of halogens is 3.